The van der Waals surface area contributed by atoms with E-state index in [1.165, 1.54) is 12.1 Å². The molecule has 0 spiro atoms. The van der Waals surface area contributed by atoms with Crippen LogP contribution in [0, 0.1) is 5.82 Å². The van der Waals surface area contributed by atoms with E-state index in [4.69, 9.17) is 4.74 Å². The summed E-state index contributed by atoms with van der Waals surface area (Å²) in [6.07, 6.45) is 3.71. The van der Waals surface area contributed by atoms with Gasteiger partial charge in [0.2, 0.25) is 0 Å². The van der Waals surface area contributed by atoms with Crippen molar-refractivity contribution in [2.45, 2.75) is 12.5 Å². The van der Waals surface area contributed by atoms with Crippen molar-refractivity contribution in [3.05, 3.63) is 54.1 Å². The predicted octanol–water partition coefficient (Wildman–Crippen LogP) is 1.91. The van der Waals surface area contributed by atoms with E-state index in [0.29, 0.717) is 25.5 Å². The minimum atomic E-state index is -0.502. The Labute approximate surface area is 121 Å². The van der Waals surface area contributed by atoms with Gasteiger partial charge >= 0.3 is 6.01 Å². The molecule has 1 aliphatic heterocycles. The van der Waals surface area contributed by atoms with Gasteiger partial charge in [0.15, 0.2) is 0 Å². The van der Waals surface area contributed by atoms with Gasteiger partial charge in [0.1, 0.15) is 11.9 Å². The second kappa shape index (κ2) is 5.87. The lowest BCUT2D eigenvalue weighted by Crippen LogP contribution is -2.31. The molecule has 2 aromatic rings. The number of benzene rings is 1. The maximum Gasteiger partial charge on any atom is 0.316 e. The summed E-state index contributed by atoms with van der Waals surface area (Å²) in [4.78, 5) is 21.8. The number of aromatic nitrogens is 2. The number of ether oxygens (including phenoxy) is 1. The number of nitrogens with zero attached hydrogens (tertiary/aromatic N) is 3. The second-order valence-corrected chi connectivity index (χ2v) is 4.79. The van der Waals surface area contributed by atoms with Crippen LogP contribution >= 0.6 is 0 Å². The average molecular weight is 287 g/mol. The number of hydrogen-bond acceptors (Lipinski definition) is 4. The maximum atomic E-state index is 13.6. The van der Waals surface area contributed by atoms with E-state index in [9.17, 15) is 9.18 Å². The zero-order valence-electron chi connectivity index (χ0n) is 11.3. The molecule has 1 fully saturated rings. The zero-order chi connectivity index (χ0) is 14.7. The van der Waals surface area contributed by atoms with Gasteiger partial charge in [-0.15, -0.1) is 0 Å². The Hall–Kier alpha value is -2.50. The highest BCUT2D eigenvalue weighted by Gasteiger charge is 2.29. The van der Waals surface area contributed by atoms with Gasteiger partial charge < -0.3 is 9.64 Å². The lowest BCUT2D eigenvalue weighted by Gasteiger charge is -2.17. The molecule has 1 atom stereocenters. The lowest BCUT2D eigenvalue weighted by molar-refractivity contribution is 0.0765. The van der Waals surface area contributed by atoms with Gasteiger partial charge in [-0.2, -0.15) is 0 Å². The fraction of sp³-hybridized carbons (Fsp3) is 0.267. The van der Waals surface area contributed by atoms with Crippen LogP contribution in [0.3, 0.4) is 0 Å². The molecule has 3 rings (SSSR count). The van der Waals surface area contributed by atoms with Crippen molar-refractivity contribution in [3.8, 4) is 6.01 Å². The smallest absolute Gasteiger partial charge is 0.316 e. The van der Waals surface area contributed by atoms with Gasteiger partial charge in [0, 0.05) is 25.4 Å². The molecule has 108 valence electrons. The van der Waals surface area contributed by atoms with E-state index < -0.39 is 5.82 Å². The van der Waals surface area contributed by atoms with Crippen molar-refractivity contribution in [1.29, 1.82) is 0 Å². The second-order valence-electron chi connectivity index (χ2n) is 4.79. The summed E-state index contributed by atoms with van der Waals surface area (Å²) >= 11 is 0. The van der Waals surface area contributed by atoms with Crippen molar-refractivity contribution in [2.75, 3.05) is 13.1 Å². The number of likely N-dealkylation sites (tertiary alicyclic amines) is 1. The van der Waals surface area contributed by atoms with Gasteiger partial charge in [0.05, 0.1) is 12.1 Å². The Morgan fingerprint density at radius 2 is 2.00 bits per heavy atom. The predicted molar refractivity (Wildman–Crippen MR) is 73.4 cm³/mol. The monoisotopic (exact) mass is 287 g/mol. The fourth-order valence-corrected chi connectivity index (χ4v) is 2.31. The largest absolute Gasteiger partial charge is 0.458 e. The molecule has 1 aromatic heterocycles. The lowest BCUT2D eigenvalue weighted by atomic mass is 10.2. The Morgan fingerprint density at radius 3 is 2.76 bits per heavy atom. The Balaban J connectivity index is 1.65. The van der Waals surface area contributed by atoms with E-state index in [1.807, 2.05) is 0 Å². The van der Waals surface area contributed by atoms with Gasteiger partial charge in [-0.25, -0.2) is 14.4 Å². The molecular formula is C15H14FN3O2. The van der Waals surface area contributed by atoms with E-state index in [0.717, 1.165) is 0 Å². The molecule has 5 nitrogen and oxygen atoms in total. The van der Waals surface area contributed by atoms with E-state index in [-0.39, 0.29) is 17.6 Å². The highest BCUT2D eigenvalue weighted by molar-refractivity contribution is 5.94. The van der Waals surface area contributed by atoms with Crippen molar-refractivity contribution in [2.24, 2.45) is 0 Å². The molecule has 1 aliphatic rings. The first kappa shape index (κ1) is 13.5. The summed E-state index contributed by atoms with van der Waals surface area (Å²) in [5.41, 5.74) is 0.0918. The average Bonchev–Trinajstić information content (AvgIpc) is 2.97. The minimum absolute atomic E-state index is 0.0918. The molecule has 0 aliphatic carbocycles. The molecule has 0 unspecified atom stereocenters. The highest BCUT2D eigenvalue weighted by Crippen LogP contribution is 2.18. The minimum Gasteiger partial charge on any atom is -0.458 e. The molecule has 1 amide bonds. The molecule has 0 radical (unpaired) electrons. The SMILES string of the molecule is O=C(c1ccccc1F)N1CC[C@H](Oc2ncccn2)C1. The number of halogens is 1. The van der Waals surface area contributed by atoms with Gasteiger partial charge in [0.25, 0.3) is 5.91 Å². The summed E-state index contributed by atoms with van der Waals surface area (Å²) in [6.45, 7) is 0.941. The molecular weight excluding hydrogens is 273 g/mol. The number of carbonyl (C=O) groups is 1. The fourth-order valence-electron chi connectivity index (χ4n) is 2.31. The summed E-state index contributed by atoms with van der Waals surface area (Å²) in [5, 5.41) is 0. The Morgan fingerprint density at radius 1 is 1.24 bits per heavy atom. The summed E-state index contributed by atoms with van der Waals surface area (Å²) in [5.74, 6) is -0.813. The van der Waals surface area contributed by atoms with Crippen LogP contribution in [0.1, 0.15) is 16.8 Å². The third-order valence-corrected chi connectivity index (χ3v) is 3.35. The molecule has 1 aromatic carbocycles. The standard InChI is InChI=1S/C15H14FN3O2/c16-13-5-2-1-4-12(13)14(20)19-9-6-11(10-19)21-15-17-7-3-8-18-15/h1-5,7-8,11H,6,9-10H2/t11-/m0/s1. The van der Waals surface area contributed by atoms with Crippen LogP contribution in [0.15, 0.2) is 42.7 Å². The van der Waals surface area contributed by atoms with E-state index in [1.54, 1.807) is 35.5 Å². The van der Waals surface area contributed by atoms with Crippen LogP contribution in [0.2, 0.25) is 0 Å². The Bertz CT molecular complexity index is 636. The molecule has 1 saturated heterocycles. The maximum absolute atomic E-state index is 13.6. The van der Waals surface area contributed by atoms with Gasteiger partial charge in [-0.1, -0.05) is 12.1 Å². The molecule has 2 heterocycles. The van der Waals surface area contributed by atoms with Crippen LogP contribution in [0.5, 0.6) is 6.01 Å². The summed E-state index contributed by atoms with van der Waals surface area (Å²) in [6, 6.07) is 7.99. The number of hydrogen-bond donors (Lipinski definition) is 0. The van der Waals surface area contributed by atoms with Gasteiger partial charge in [-0.05, 0) is 18.2 Å². The first-order valence-electron chi connectivity index (χ1n) is 6.71. The van der Waals surface area contributed by atoms with E-state index in [2.05, 4.69) is 9.97 Å². The quantitative estimate of drug-likeness (QED) is 0.865. The number of rotatable bonds is 3. The molecule has 6 heteroatoms. The third-order valence-electron chi connectivity index (χ3n) is 3.35. The summed E-state index contributed by atoms with van der Waals surface area (Å²) < 4.78 is 19.3. The van der Waals surface area contributed by atoms with Crippen molar-refractivity contribution < 1.29 is 13.9 Å². The Kier molecular flexibility index (Phi) is 3.77. The normalized spacial score (nSPS) is 17.8. The van der Waals surface area contributed by atoms with Gasteiger partial charge in [-0.3, -0.25) is 4.79 Å². The van der Waals surface area contributed by atoms with Crippen LogP contribution in [0.25, 0.3) is 0 Å². The third kappa shape index (κ3) is 2.99. The molecule has 0 N–H and O–H groups in total. The van der Waals surface area contributed by atoms with Crippen molar-refractivity contribution in [1.82, 2.24) is 14.9 Å². The van der Waals surface area contributed by atoms with Crippen LogP contribution in [0.4, 0.5) is 4.39 Å². The topological polar surface area (TPSA) is 55.3 Å². The van der Waals surface area contributed by atoms with E-state index >= 15 is 0 Å². The van der Waals surface area contributed by atoms with Crippen LogP contribution < -0.4 is 4.74 Å². The van der Waals surface area contributed by atoms with Crippen molar-refractivity contribution >= 4 is 5.91 Å². The summed E-state index contributed by atoms with van der Waals surface area (Å²) in [7, 11) is 0. The van der Waals surface area contributed by atoms with Crippen molar-refractivity contribution in [3.63, 3.8) is 0 Å². The molecule has 21 heavy (non-hydrogen) atoms. The zero-order valence-corrected chi connectivity index (χ0v) is 11.3. The number of carbonyl (C=O) groups excluding carboxylic acids is 1. The molecule has 0 saturated carbocycles. The first-order valence-corrected chi connectivity index (χ1v) is 6.71. The highest BCUT2D eigenvalue weighted by atomic mass is 19.1. The molecule has 0 bridgehead atoms. The number of amides is 1. The van der Waals surface area contributed by atoms with Crippen LogP contribution in [-0.4, -0.2) is 40.0 Å². The van der Waals surface area contributed by atoms with Crippen LogP contribution in [-0.2, 0) is 0 Å². The first-order chi connectivity index (χ1) is 10.2.